The number of aromatic nitrogens is 2. The van der Waals surface area contributed by atoms with Crippen LogP contribution in [-0.4, -0.2) is 10.2 Å². The molecular weight excluding hydrogens is 173 g/mol. The Balaban J connectivity index is 0. The number of nitrogens with zero attached hydrogens (tertiary/aromatic N) is 1. The first-order valence-electron chi connectivity index (χ1n) is 2.54. The summed E-state index contributed by atoms with van der Waals surface area (Å²) in [7, 11) is 0. The summed E-state index contributed by atoms with van der Waals surface area (Å²) in [5.41, 5.74) is 7.26. The summed E-state index contributed by atoms with van der Waals surface area (Å²) >= 11 is 0. The number of rotatable bonds is 1. The number of halogens is 2. The van der Waals surface area contributed by atoms with E-state index in [4.69, 9.17) is 5.73 Å². The lowest BCUT2D eigenvalue weighted by Crippen LogP contribution is -3.00. The van der Waals surface area contributed by atoms with Gasteiger partial charge in [-0.3, -0.25) is 5.10 Å². The van der Waals surface area contributed by atoms with E-state index in [1.165, 1.54) is 0 Å². The molecule has 5 heteroatoms. The third-order valence-corrected chi connectivity index (χ3v) is 0.968. The van der Waals surface area contributed by atoms with Crippen LogP contribution in [0.5, 0.6) is 0 Å². The van der Waals surface area contributed by atoms with Gasteiger partial charge in [-0.2, -0.15) is 5.10 Å². The van der Waals surface area contributed by atoms with Crippen LogP contribution < -0.4 is 30.5 Å². The van der Waals surface area contributed by atoms with E-state index in [0.29, 0.717) is 6.54 Å². The summed E-state index contributed by atoms with van der Waals surface area (Å²) in [6.07, 6.45) is 0. The number of aryl methyl sites for hydroxylation is 1. The maximum absolute atomic E-state index is 5.28. The zero-order chi connectivity index (χ0) is 5.98. The van der Waals surface area contributed by atoms with Gasteiger partial charge < -0.3 is 30.5 Å². The highest BCUT2D eigenvalue weighted by Gasteiger charge is 1.90. The van der Waals surface area contributed by atoms with Crippen LogP contribution in [0.2, 0.25) is 0 Å². The summed E-state index contributed by atoms with van der Waals surface area (Å²) in [5, 5.41) is 6.67. The second-order valence-electron chi connectivity index (χ2n) is 1.75. The lowest BCUT2D eigenvalue weighted by atomic mass is 10.4. The molecule has 1 heterocycles. The fourth-order valence-electron chi connectivity index (χ4n) is 0.579. The molecule has 0 fully saturated rings. The molecule has 10 heavy (non-hydrogen) atoms. The number of aromatic amines is 1. The topological polar surface area (TPSA) is 54.7 Å². The maximum atomic E-state index is 5.28. The Hall–Kier alpha value is -0.250. The van der Waals surface area contributed by atoms with Crippen molar-refractivity contribution >= 4 is 0 Å². The second kappa shape index (κ2) is 5.53. The smallest absolute Gasteiger partial charge is 0.0760 e. The van der Waals surface area contributed by atoms with Crippen molar-refractivity contribution < 1.29 is 24.8 Å². The molecule has 1 aromatic rings. The van der Waals surface area contributed by atoms with Crippen molar-refractivity contribution in [3.05, 3.63) is 17.5 Å². The van der Waals surface area contributed by atoms with Crippen LogP contribution in [0.1, 0.15) is 11.4 Å². The summed E-state index contributed by atoms with van der Waals surface area (Å²) in [6.45, 7) is 2.47. The summed E-state index contributed by atoms with van der Waals surface area (Å²) in [6, 6.07) is 1.93. The summed E-state index contributed by atoms with van der Waals surface area (Å²) in [4.78, 5) is 0. The zero-order valence-corrected chi connectivity index (χ0v) is 7.08. The standard InChI is InChI=1S/C5H9N3.2ClH/c1-4-2-5(3-6)8-7-4;;/h2H,3,6H2,1H3,(H,7,8);2*1H/p-2. The molecule has 0 atom stereocenters. The SMILES string of the molecule is Cc1cc(CN)n[nH]1.[Cl-].[Cl-]. The fraction of sp³-hybridized carbons (Fsp3) is 0.400. The van der Waals surface area contributed by atoms with Crippen LogP contribution in [0.15, 0.2) is 6.07 Å². The molecule has 0 amide bonds. The molecule has 0 aliphatic carbocycles. The van der Waals surface area contributed by atoms with Crippen LogP contribution in [0.25, 0.3) is 0 Å². The van der Waals surface area contributed by atoms with Gasteiger partial charge in [-0.15, -0.1) is 0 Å². The first kappa shape index (κ1) is 12.4. The monoisotopic (exact) mass is 181 g/mol. The van der Waals surface area contributed by atoms with E-state index >= 15 is 0 Å². The molecule has 60 valence electrons. The average Bonchev–Trinajstić information content (AvgIpc) is 2.14. The normalized spacial score (nSPS) is 7.80. The average molecular weight is 182 g/mol. The predicted molar refractivity (Wildman–Crippen MR) is 31.2 cm³/mol. The molecule has 0 saturated heterocycles. The summed E-state index contributed by atoms with van der Waals surface area (Å²) < 4.78 is 0. The Bertz CT molecular complexity index is 175. The fourth-order valence-corrected chi connectivity index (χ4v) is 0.579. The van der Waals surface area contributed by atoms with E-state index < -0.39 is 0 Å². The Morgan fingerprint density at radius 2 is 2.20 bits per heavy atom. The zero-order valence-electron chi connectivity index (χ0n) is 5.56. The maximum Gasteiger partial charge on any atom is 0.0760 e. The van der Waals surface area contributed by atoms with Crippen LogP contribution in [-0.2, 0) is 6.54 Å². The van der Waals surface area contributed by atoms with Crippen LogP contribution in [0, 0.1) is 6.92 Å². The molecule has 0 aliphatic heterocycles. The van der Waals surface area contributed by atoms with Gasteiger partial charge in [0.15, 0.2) is 0 Å². The molecule has 0 aromatic carbocycles. The second-order valence-corrected chi connectivity index (χ2v) is 1.75. The van der Waals surface area contributed by atoms with Gasteiger partial charge in [-0.25, -0.2) is 0 Å². The Labute approximate surface area is 72.2 Å². The number of hydrogen-bond donors (Lipinski definition) is 2. The molecule has 0 spiro atoms. The highest BCUT2D eigenvalue weighted by molar-refractivity contribution is 5.05. The van der Waals surface area contributed by atoms with Crippen LogP contribution >= 0.6 is 0 Å². The lowest BCUT2D eigenvalue weighted by Gasteiger charge is -1.78. The van der Waals surface area contributed by atoms with Gasteiger partial charge in [0, 0.05) is 12.2 Å². The highest BCUT2D eigenvalue weighted by Crippen LogP contribution is 1.93. The predicted octanol–water partition coefficient (Wildman–Crippen LogP) is -5.82. The molecule has 3 nitrogen and oxygen atoms in total. The number of nitrogens with two attached hydrogens (primary N) is 1. The van der Waals surface area contributed by atoms with E-state index in [2.05, 4.69) is 10.2 Å². The molecule has 0 radical (unpaired) electrons. The number of nitrogens with one attached hydrogen (secondary N) is 1. The van der Waals surface area contributed by atoms with Gasteiger partial charge in [-0.05, 0) is 13.0 Å². The quantitative estimate of drug-likeness (QED) is 0.454. The minimum Gasteiger partial charge on any atom is -1.00 e. The van der Waals surface area contributed by atoms with E-state index in [1.807, 2.05) is 13.0 Å². The van der Waals surface area contributed by atoms with Crippen molar-refractivity contribution in [2.24, 2.45) is 5.73 Å². The van der Waals surface area contributed by atoms with Gasteiger partial charge in [0.05, 0.1) is 5.69 Å². The van der Waals surface area contributed by atoms with Gasteiger partial charge >= 0.3 is 0 Å². The van der Waals surface area contributed by atoms with E-state index in [0.717, 1.165) is 11.4 Å². The van der Waals surface area contributed by atoms with Crippen molar-refractivity contribution in [3.63, 3.8) is 0 Å². The number of hydrogen-bond acceptors (Lipinski definition) is 2. The third kappa shape index (κ3) is 3.06. The Morgan fingerprint density at radius 3 is 2.40 bits per heavy atom. The van der Waals surface area contributed by atoms with E-state index in [1.54, 1.807) is 0 Å². The van der Waals surface area contributed by atoms with E-state index in [9.17, 15) is 0 Å². The Kier molecular flexibility index (Phi) is 6.87. The largest absolute Gasteiger partial charge is 1.00 e. The molecule has 3 N–H and O–H groups in total. The molecule has 0 unspecified atom stereocenters. The third-order valence-electron chi connectivity index (χ3n) is 0.968. The van der Waals surface area contributed by atoms with Crippen molar-refractivity contribution in [1.82, 2.24) is 10.2 Å². The number of H-pyrrole nitrogens is 1. The van der Waals surface area contributed by atoms with Crippen molar-refractivity contribution in [1.29, 1.82) is 0 Å². The molecular formula is C5H9Cl2N3-2. The van der Waals surface area contributed by atoms with Gasteiger partial charge in [0.1, 0.15) is 0 Å². The van der Waals surface area contributed by atoms with Gasteiger partial charge in [-0.1, -0.05) is 0 Å². The minimum atomic E-state index is 0. The molecule has 0 saturated carbocycles. The Morgan fingerprint density at radius 1 is 1.60 bits per heavy atom. The first-order valence-corrected chi connectivity index (χ1v) is 2.54. The van der Waals surface area contributed by atoms with Crippen LogP contribution in [0.4, 0.5) is 0 Å². The van der Waals surface area contributed by atoms with Crippen LogP contribution in [0.3, 0.4) is 0 Å². The van der Waals surface area contributed by atoms with Crippen molar-refractivity contribution in [2.75, 3.05) is 0 Å². The lowest BCUT2D eigenvalue weighted by molar-refractivity contribution is -0.001000. The highest BCUT2D eigenvalue weighted by atomic mass is 35.5. The van der Waals surface area contributed by atoms with Gasteiger partial charge in [0.25, 0.3) is 0 Å². The van der Waals surface area contributed by atoms with Gasteiger partial charge in [0.2, 0.25) is 0 Å². The molecule has 1 aromatic heterocycles. The molecule has 1 rings (SSSR count). The first-order chi connectivity index (χ1) is 3.83. The molecule has 0 aliphatic rings. The van der Waals surface area contributed by atoms with Crippen molar-refractivity contribution in [2.45, 2.75) is 13.5 Å². The summed E-state index contributed by atoms with van der Waals surface area (Å²) in [5.74, 6) is 0. The minimum absolute atomic E-state index is 0. The molecule has 0 bridgehead atoms. The van der Waals surface area contributed by atoms with Crippen molar-refractivity contribution in [3.8, 4) is 0 Å². The van der Waals surface area contributed by atoms with E-state index in [-0.39, 0.29) is 24.8 Å².